The quantitative estimate of drug-likeness (QED) is 0.230. The molecule has 5 heterocycles. The number of thiophene rings is 1. The van der Waals surface area contributed by atoms with Crippen LogP contribution in [0.25, 0.3) is 20.8 Å². The van der Waals surface area contributed by atoms with E-state index in [2.05, 4.69) is 36.0 Å². The number of amides is 1. The molecule has 2 bridgehead atoms. The second kappa shape index (κ2) is 11.4. The zero-order chi connectivity index (χ0) is 31.4. The Morgan fingerprint density at radius 1 is 1.25 bits per heavy atom. The summed E-state index contributed by atoms with van der Waals surface area (Å²) in [6, 6.07) is 4.65. The van der Waals surface area contributed by atoms with Crippen LogP contribution in [0.1, 0.15) is 55.1 Å². The fourth-order valence-electron chi connectivity index (χ4n) is 6.12. The highest BCUT2D eigenvalue weighted by Gasteiger charge is 2.46. The third kappa shape index (κ3) is 6.28. The number of fused-ring (bicyclic) bond motifs is 3. The molecule has 236 valence electrons. The van der Waals surface area contributed by atoms with Crippen molar-refractivity contribution in [1.82, 2.24) is 35.4 Å². The number of nitrogens with one attached hydrogen (secondary N) is 2. The summed E-state index contributed by atoms with van der Waals surface area (Å²) in [5, 5.41) is 27.7. The molecule has 0 radical (unpaired) electrons. The van der Waals surface area contributed by atoms with Crippen LogP contribution in [0, 0.1) is 0 Å². The third-order valence-corrected chi connectivity index (χ3v) is 9.38. The summed E-state index contributed by atoms with van der Waals surface area (Å²) < 4.78 is 63.9. The van der Waals surface area contributed by atoms with Crippen LogP contribution >= 0.6 is 11.3 Å². The summed E-state index contributed by atoms with van der Waals surface area (Å²) in [5.41, 5.74) is -0.495. The number of halogens is 4. The Bertz CT molecular complexity index is 1660. The molecular weight excluding hydrogens is 604 g/mol. The predicted molar refractivity (Wildman–Crippen MR) is 154 cm³/mol. The van der Waals surface area contributed by atoms with E-state index >= 15 is 4.39 Å². The molecular formula is C28H32F4N8O3S. The highest BCUT2D eigenvalue weighted by molar-refractivity contribution is 7.23. The van der Waals surface area contributed by atoms with Gasteiger partial charge in [0.25, 0.3) is 5.91 Å². The van der Waals surface area contributed by atoms with Gasteiger partial charge in [-0.1, -0.05) is 22.5 Å². The first-order valence-corrected chi connectivity index (χ1v) is 15.0. The van der Waals surface area contributed by atoms with Crippen LogP contribution in [0.5, 0.6) is 0 Å². The van der Waals surface area contributed by atoms with Gasteiger partial charge in [-0.2, -0.15) is 18.2 Å². The molecule has 4 aromatic rings. The molecule has 2 saturated heterocycles. The lowest BCUT2D eigenvalue weighted by Gasteiger charge is -2.39. The van der Waals surface area contributed by atoms with E-state index in [0.717, 1.165) is 24.2 Å². The van der Waals surface area contributed by atoms with Crippen LogP contribution in [-0.2, 0) is 19.5 Å². The number of carbonyl (C=O) groups is 1. The standard InChI is InChI=1S/C28H32F4N8O3S/c1-27(2,42)13-40-12-19(36-38-40)26(41)33-11-21-35-25(37-43-21)24-16(10-28(30,31)32)15-5-4-6-17(23(15)44-24)34-18-9-14-7-8-20(22(18)29)39(14)3/h4-6,12,14,18,20,22,34,42H,7-11,13H2,1-3H3,(H,33,41)/t14-,18-,20+,22-/m1/s1. The van der Waals surface area contributed by atoms with Crippen molar-refractivity contribution >= 4 is 33.0 Å². The van der Waals surface area contributed by atoms with Gasteiger partial charge in [0, 0.05) is 12.1 Å². The number of nitrogens with zero attached hydrogens (tertiary/aromatic N) is 6. The Hall–Kier alpha value is -3.63. The summed E-state index contributed by atoms with van der Waals surface area (Å²) in [6.45, 7) is 3.11. The Morgan fingerprint density at radius 2 is 2.05 bits per heavy atom. The van der Waals surface area contributed by atoms with Gasteiger partial charge in [0.05, 0.1) is 52.6 Å². The molecule has 11 nitrogen and oxygen atoms in total. The van der Waals surface area contributed by atoms with E-state index in [-0.39, 0.29) is 53.0 Å². The minimum Gasteiger partial charge on any atom is -0.389 e. The van der Waals surface area contributed by atoms with E-state index in [0.29, 0.717) is 22.2 Å². The molecule has 0 aliphatic carbocycles. The average Bonchev–Trinajstić information content (AvgIpc) is 3.71. The first-order valence-electron chi connectivity index (χ1n) is 14.2. The smallest absolute Gasteiger partial charge is 0.389 e. The number of rotatable bonds is 9. The molecule has 4 atom stereocenters. The first-order chi connectivity index (χ1) is 20.8. The number of hydrogen-bond acceptors (Lipinski definition) is 10. The molecule has 2 fully saturated rings. The molecule has 0 spiro atoms. The summed E-state index contributed by atoms with van der Waals surface area (Å²) in [7, 11) is 1.94. The normalized spacial score (nSPS) is 22.5. The largest absolute Gasteiger partial charge is 0.393 e. The van der Waals surface area contributed by atoms with Gasteiger partial charge in [-0.15, -0.1) is 16.4 Å². The van der Waals surface area contributed by atoms with Crippen LogP contribution in [0.2, 0.25) is 0 Å². The van der Waals surface area contributed by atoms with Crippen molar-refractivity contribution in [1.29, 1.82) is 0 Å². The highest BCUT2D eigenvalue weighted by Crippen LogP contribution is 2.45. The van der Waals surface area contributed by atoms with E-state index in [1.54, 1.807) is 32.0 Å². The maximum Gasteiger partial charge on any atom is 0.393 e. The number of benzene rings is 1. The van der Waals surface area contributed by atoms with Crippen molar-refractivity contribution in [3.05, 3.63) is 41.5 Å². The molecule has 2 aliphatic rings. The van der Waals surface area contributed by atoms with Gasteiger partial charge >= 0.3 is 6.18 Å². The number of anilines is 1. The third-order valence-electron chi connectivity index (χ3n) is 8.10. The zero-order valence-corrected chi connectivity index (χ0v) is 25.0. The minimum absolute atomic E-state index is 0.000812. The molecule has 3 N–H and O–H groups in total. The van der Waals surface area contributed by atoms with E-state index in [9.17, 15) is 23.1 Å². The fourth-order valence-corrected chi connectivity index (χ4v) is 7.34. The SMILES string of the molecule is CN1[C@@H]2CC[C@H]1[C@H](F)[C@H](Nc1cccc3c(CC(F)(F)F)c(-c4noc(CNC(=O)c5cn(CC(C)(C)O)nn5)n4)sc13)C2. The molecule has 44 heavy (non-hydrogen) atoms. The fraction of sp³-hybridized carbons (Fsp3) is 0.536. The maximum absolute atomic E-state index is 15.4. The highest BCUT2D eigenvalue weighted by atomic mass is 32.1. The van der Waals surface area contributed by atoms with Crippen molar-refractivity contribution < 1.29 is 32.0 Å². The first kappa shape index (κ1) is 30.4. The van der Waals surface area contributed by atoms with Gasteiger partial charge in [-0.25, -0.2) is 9.07 Å². The zero-order valence-electron chi connectivity index (χ0n) is 24.2. The predicted octanol–water partition coefficient (Wildman–Crippen LogP) is 4.33. The Morgan fingerprint density at radius 3 is 2.80 bits per heavy atom. The molecule has 0 saturated carbocycles. The van der Waals surface area contributed by atoms with Crippen LogP contribution < -0.4 is 10.6 Å². The molecule has 2 aliphatic heterocycles. The van der Waals surface area contributed by atoms with Crippen LogP contribution in [0.3, 0.4) is 0 Å². The van der Waals surface area contributed by atoms with E-state index in [1.807, 2.05) is 7.05 Å². The summed E-state index contributed by atoms with van der Waals surface area (Å²) >= 11 is 1.08. The van der Waals surface area contributed by atoms with Crippen molar-refractivity contribution in [2.24, 2.45) is 0 Å². The Balaban J connectivity index is 1.23. The lowest BCUT2D eigenvalue weighted by molar-refractivity contribution is -0.126. The number of aromatic nitrogens is 5. The number of piperidine rings is 1. The Labute approximate surface area is 253 Å². The topological polar surface area (TPSA) is 134 Å². The van der Waals surface area contributed by atoms with E-state index in [1.165, 1.54) is 10.9 Å². The molecule has 1 amide bonds. The monoisotopic (exact) mass is 636 g/mol. The number of alkyl halides is 4. The summed E-state index contributed by atoms with van der Waals surface area (Å²) in [4.78, 5) is 19.1. The number of aliphatic hydroxyl groups is 1. The van der Waals surface area contributed by atoms with E-state index in [4.69, 9.17) is 4.52 Å². The van der Waals surface area contributed by atoms with Crippen molar-refractivity contribution in [2.75, 3.05) is 12.4 Å². The van der Waals surface area contributed by atoms with Crippen LogP contribution in [0.4, 0.5) is 23.2 Å². The van der Waals surface area contributed by atoms with Crippen LogP contribution in [-0.4, -0.2) is 84.2 Å². The van der Waals surface area contributed by atoms with Gasteiger partial charge in [0.2, 0.25) is 11.7 Å². The molecule has 16 heteroatoms. The molecule has 1 aromatic carbocycles. The molecule has 3 aromatic heterocycles. The van der Waals surface area contributed by atoms with Gasteiger partial charge in [-0.05, 0) is 57.2 Å². The second-order valence-electron chi connectivity index (χ2n) is 12.1. The van der Waals surface area contributed by atoms with Crippen molar-refractivity contribution in [3.63, 3.8) is 0 Å². The summed E-state index contributed by atoms with van der Waals surface area (Å²) in [6.07, 6.45) is -3.14. The van der Waals surface area contributed by atoms with Gasteiger partial charge < -0.3 is 20.3 Å². The van der Waals surface area contributed by atoms with Gasteiger partial charge in [0.15, 0.2) is 5.69 Å². The second-order valence-corrected chi connectivity index (χ2v) is 13.1. The Kier molecular flexibility index (Phi) is 7.86. The lowest BCUT2D eigenvalue weighted by atomic mass is 9.95. The van der Waals surface area contributed by atoms with Gasteiger partial charge in [0.1, 0.15) is 6.17 Å². The number of hydrogen-bond donors (Lipinski definition) is 3. The van der Waals surface area contributed by atoms with Gasteiger partial charge in [-0.3, -0.25) is 9.69 Å². The van der Waals surface area contributed by atoms with Crippen molar-refractivity contribution in [3.8, 4) is 10.7 Å². The van der Waals surface area contributed by atoms with Crippen molar-refractivity contribution in [2.45, 2.75) is 88.7 Å². The summed E-state index contributed by atoms with van der Waals surface area (Å²) in [5.74, 6) is -0.652. The maximum atomic E-state index is 15.4. The average molecular weight is 637 g/mol. The lowest BCUT2D eigenvalue weighted by Crippen LogP contribution is -2.53. The minimum atomic E-state index is -4.51. The molecule has 6 rings (SSSR count). The number of carbonyl (C=O) groups excluding carboxylic acids is 1. The van der Waals surface area contributed by atoms with E-state index < -0.39 is 36.3 Å². The van der Waals surface area contributed by atoms with Crippen LogP contribution in [0.15, 0.2) is 28.9 Å². The molecule has 0 unspecified atom stereocenters.